The van der Waals surface area contributed by atoms with E-state index in [1.165, 1.54) is 0 Å². The standard InChI is InChI=1S/C14H23N3O4S/c1-3-13(18)12-8-11-9-16(6-5-7-17(11)15-12)14(19)10-22(20,21)4-2/h8,13,18H,3-7,9-10H2,1-2H3/t13-/m0/s1. The molecule has 1 aliphatic rings. The maximum atomic E-state index is 12.2. The molecule has 0 unspecified atom stereocenters. The Morgan fingerprint density at radius 3 is 2.77 bits per heavy atom. The average Bonchev–Trinajstić information content (AvgIpc) is 2.77. The molecule has 1 N–H and O–H groups in total. The van der Waals surface area contributed by atoms with Gasteiger partial charge in [-0.15, -0.1) is 0 Å². The summed E-state index contributed by atoms with van der Waals surface area (Å²) in [7, 11) is -3.32. The lowest BCUT2D eigenvalue weighted by Crippen LogP contribution is -2.35. The first-order valence-corrected chi connectivity index (χ1v) is 9.41. The molecule has 2 heterocycles. The molecule has 0 aliphatic carbocycles. The Morgan fingerprint density at radius 2 is 2.14 bits per heavy atom. The Labute approximate surface area is 130 Å². The number of nitrogens with zero attached hydrogens (tertiary/aromatic N) is 3. The van der Waals surface area contributed by atoms with Crippen LogP contribution in [0.4, 0.5) is 0 Å². The summed E-state index contributed by atoms with van der Waals surface area (Å²) in [6.45, 7) is 4.93. The fourth-order valence-electron chi connectivity index (χ4n) is 2.45. The van der Waals surface area contributed by atoms with E-state index in [-0.39, 0.29) is 11.7 Å². The smallest absolute Gasteiger partial charge is 0.238 e. The summed E-state index contributed by atoms with van der Waals surface area (Å²) in [5, 5.41) is 14.2. The molecule has 2 rings (SSSR count). The van der Waals surface area contributed by atoms with E-state index in [1.54, 1.807) is 22.6 Å². The summed E-state index contributed by atoms with van der Waals surface area (Å²) in [5.41, 5.74) is 1.44. The van der Waals surface area contributed by atoms with Crippen molar-refractivity contribution < 1.29 is 18.3 Å². The summed E-state index contributed by atoms with van der Waals surface area (Å²) in [5.74, 6) is -0.839. The van der Waals surface area contributed by atoms with Crippen molar-refractivity contribution in [2.45, 2.75) is 45.9 Å². The van der Waals surface area contributed by atoms with E-state index < -0.39 is 21.7 Å². The maximum absolute atomic E-state index is 12.2. The van der Waals surface area contributed by atoms with Gasteiger partial charge in [0, 0.05) is 18.8 Å². The number of carbonyl (C=O) groups is 1. The predicted octanol–water partition coefficient (Wildman–Crippen LogP) is 0.494. The Bertz CT molecular complexity index is 639. The first-order chi connectivity index (χ1) is 10.4. The lowest BCUT2D eigenvalue weighted by Gasteiger charge is -2.19. The second-order valence-electron chi connectivity index (χ2n) is 5.55. The molecular weight excluding hydrogens is 306 g/mol. The fourth-order valence-corrected chi connectivity index (χ4v) is 3.21. The number of fused-ring (bicyclic) bond motifs is 1. The van der Waals surface area contributed by atoms with E-state index in [0.29, 0.717) is 38.2 Å². The molecule has 1 atom stereocenters. The van der Waals surface area contributed by atoms with Crippen molar-refractivity contribution >= 4 is 15.7 Å². The van der Waals surface area contributed by atoms with E-state index in [9.17, 15) is 18.3 Å². The molecule has 1 aromatic rings. The van der Waals surface area contributed by atoms with Gasteiger partial charge >= 0.3 is 0 Å². The Kier molecular flexibility index (Phi) is 5.23. The van der Waals surface area contributed by atoms with Gasteiger partial charge in [-0.25, -0.2) is 8.42 Å². The largest absolute Gasteiger partial charge is 0.387 e. The highest BCUT2D eigenvalue weighted by Crippen LogP contribution is 2.20. The van der Waals surface area contributed by atoms with Crippen LogP contribution in [0.3, 0.4) is 0 Å². The van der Waals surface area contributed by atoms with Gasteiger partial charge in [0.15, 0.2) is 9.84 Å². The minimum Gasteiger partial charge on any atom is -0.387 e. The molecule has 22 heavy (non-hydrogen) atoms. The number of amides is 1. The molecule has 8 heteroatoms. The topological polar surface area (TPSA) is 92.5 Å². The molecule has 7 nitrogen and oxygen atoms in total. The normalized spacial score (nSPS) is 17.0. The molecule has 0 saturated heterocycles. The summed E-state index contributed by atoms with van der Waals surface area (Å²) in [4.78, 5) is 13.8. The Balaban J connectivity index is 2.14. The summed E-state index contributed by atoms with van der Waals surface area (Å²) in [6, 6.07) is 1.80. The molecule has 1 aliphatic heterocycles. The Hall–Kier alpha value is -1.41. The summed E-state index contributed by atoms with van der Waals surface area (Å²) < 4.78 is 25.0. The van der Waals surface area contributed by atoms with E-state index in [0.717, 1.165) is 5.69 Å². The van der Waals surface area contributed by atoms with Crippen LogP contribution in [0, 0.1) is 0 Å². The number of carbonyl (C=O) groups excluding carboxylic acids is 1. The van der Waals surface area contributed by atoms with Crippen molar-refractivity contribution in [1.82, 2.24) is 14.7 Å². The highest BCUT2D eigenvalue weighted by atomic mass is 32.2. The zero-order valence-corrected chi connectivity index (χ0v) is 13.8. The first-order valence-electron chi connectivity index (χ1n) is 7.59. The number of aliphatic hydroxyl groups excluding tert-OH is 1. The lowest BCUT2D eigenvalue weighted by atomic mass is 10.2. The van der Waals surface area contributed by atoms with Gasteiger partial charge < -0.3 is 10.0 Å². The first kappa shape index (κ1) is 17.0. The molecule has 0 fully saturated rings. The minimum absolute atomic E-state index is 0.0304. The Morgan fingerprint density at radius 1 is 1.41 bits per heavy atom. The van der Waals surface area contributed by atoms with Crippen LogP contribution >= 0.6 is 0 Å². The average molecular weight is 329 g/mol. The van der Waals surface area contributed by atoms with Crippen molar-refractivity contribution in [1.29, 1.82) is 0 Å². The van der Waals surface area contributed by atoms with Crippen LogP contribution < -0.4 is 0 Å². The third kappa shape index (κ3) is 3.86. The molecule has 1 amide bonds. The van der Waals surface area contributed by atoms with Crippen LogP contribution in [0.2, 0.25) is 0 Å². The van der Waals surface area contributed by atoms with Crippen molar-refractivity contribution in [2.24, 2.45) is 0 Å². The number of hydrogen-bond donors (Lipinski definition) is 1. The van der Waals surface area contributed by atoms with Gasteiger partial charge in [-0.1, -0.05) is 13.8 Å². The highest BCUT2D eigenvalue weighted by molar-refractivity contribution is 7.92. The number of aryl methyl sites for hydroxylation is 1. The van der Waals surface area contributed by atoms with Crippen LogP contribution in [-0.4, -0.2) is 52.2 Å². The van der Waals surface area contributed by atoms with Gasteiger partial charge in [0.05, 0.1) is 24.0 Å². The third-order valence-electron chi connectivity index (χ3n) is 3.90. The zero-order valence-electron chi connectivity index (χ0n) is 13.0. The van der Waals surface area contributed by atoms with E-state index in [4.69, 9.17) is 0 Å². The predicted molar refractivity (Wildman–Crippen MR) is 81.8 cm³/mol. The van der Waals surface area contributed by atoms with Crippen LogP contribution in [0.5, 0.6) is 0 Å². The van der Waals surface area contributed by atoms with Gasteiger partial charge in [0.1, 0.15) is 5.75 Å². The number of aromatic nitrogens is 2. The number of sulfone groups is 1. The van der Waals surface area contributed by atoms with Gasteiger partial charge in [-0.05, 0) is 18.9 Å². The molecular formula is C14H23N3O4S. The molecule has 1 aromatic heterocycles. The molecule has 0 saturated carbocycles. The van der Waals surface area contributed by atoms with Crippen molar-refractivity contribution in [2.75, 3.05) is 18.1 Å². The molecule has 0 spiro atoms. The van der Waals surface area contributed by atoms with Gasteiger partial charge in [0.25, 0.3) is 0 Å². The van der Waals surface area contributed by atoms with Crippen LogP contribution in [0.25, 0.3) is 0 Å². The van der Waals surface area contributed by atoms with Crippen molar-refractivity contribution in [3.05, 3.63) is 17.5 Å². The van der Waals surface area contributed by atoms with Crippen LogP contribution in [0.1, 0.15) is 44.2 Å². The van der Waals surface area contributed by atoms with E-state index in [1.807, 2.05) is 6.92 Å². The van der Waals surface area contributed by atoms with Crippen molar-refractivity contribution in [3.63, 3.8) is 0 Å². The lowest BCUT2D eigenvalue weighted by molar-refractivity contribution is -0.129. The van der Waals surface area contributed by atoms with Crippen molar-refractivity contribution in [3.8, 4) is 0 Å². The second-order valence-corrected chi connectivity index (χ2v) is 7.91. The fraction of sp³-hybridized carbons (Fsp3) is 0.714. The summed E-state index contributed by atoms with van der Waals surface area (Å²) >= 11 is 0. The van der Waals surface area contributed by atoms with E-state index >= 15 is 0 Å². The highest BCUT2D eigenvalue weighted by Gasteiger charge is 2.24. The second kappa shape index (κ2) is 6.78. The number of hydrogen-bond acceptors (Lipinski definition) is 5. The number of rotatable bonds is 5. The van der Waals surface area contributed by atoms with Gasteiger partial charge in [-0.2, -0.15) is 5.10 Å². The minimum atomic E-state index is -3.32. The molecule has 0 aromatic carbocycles. The van der Waals surface area contributed by atoms with Gasteiger partial charge in [-0.3, -0.25) is 9.48 Å². The SMILES string of the molecule is CC[C@H](O)c1cc2n(n1)CCCN(C(=O)CS(=O)(=O)CC)C2. The van der Waals surface area contributed by atoms with Gasteiger partial charge in [0.2, 0.25) is 5.91 Å². The molecule has 124 valence electrons. The monoisotopic (exact) mass is 329 g/mol. The summed E-state index contributed by atoms with van der Waals surface area (Å²) in [6.07, 6.45) is 0.686. The quantitative estimate of drug-likeness (QED) is 0.849. The molecule has 0 bridgehead atoms. The van der Waals surface area contributed by atoms with Crippen LogP contribution in [0.15, 0.2) is 6.07 Å². The van der Waals surface area contributed by atoms with E-state index in [2.05, 4.69) is 5.10 Å². The number of aliphatic hydroxyl groups is 1. The van der Waals surface area contributed by atoms with Crippen LogP contribution in [-0.2, 0) is 27.7 Å². The zero-order chi connectivity index (χ0) is 16.3. The maximum Gasteiger partial charge on any atom is 0.238 e. The molecule has 0 radical (unpaired) electrons. The third-order valence-corrected chi connectivity index (χ3v) is 5.46.